The Hall–Kier alpha value is -0.240. The molecule has 1 fully saturated rings. The third kappa shape index (κ3) is 4.15. The van der Waals surface area contributed by atoms with Crippen molar-refractivity contribution in [2.45, 2.75) is 46.1 Å². The Morgan fingerprint density at radius 1 is 1.24 bits per heavy atom. The Morgan fingerprint density at radius 3 is 2.48 bits per heavy atom. The Balaban J connectivity index is 2.21. The molecule has 1 aromatic rings. The number of benzene rings is 1. The summed E-state index contributed by atoms with van der Waals surface area (Å²) in [6.07, 6.45) is 5.49. The monoisotopic (exact) mass is 326 g/mol. The third-order valence-corrected chi connectivity index (χ3v) is 8.84. The minimum absolute atomic E-state index is 0.118. The fourth-order valence-electron chi connectivity index (χ4n) is 3.23. The lowest BCUT2D eigenvalue weighted by molar-refractivity contribution is 0.0527. The molecule has 2 rings (SSSR count). The van der Waals surface area contributed by atoms with E-state index >= 15 is 0 Å². The van der Waals surface area contributed by atoms with Gasteiger partial charge in [-0.05, 0) is 49.0 Å². The topological polar surface area (TPSA) is 26.3 Å². The highest BCUT2D eigenvalue weighted by molar-refractivity contribution is 8.58. The van der Waals surface area contributed by atoms with Gasteiger partial charge in [0, 0.05) is 5.30 Å². The van der Waals surface area contributed by atoms with Crippen LogP contribution in [0.3, 0.4) is 0 Å². The number of hydrogen-bond donors (Lipinski definition) is 0. The maximum Gasteiger partial charge on any atom is 0.287 e. The number of hydrogen-bond acceptors (Lipinski definition) is 3. The van der Waals surface area contributed by atoms with Crippen molar-refractivity contribution in [2.24, 2.45) is 17.8 Å². The van der Waals surface area contributed by atoms with Crippen molar-refractivity contribution >= 4 is 23.3 Å². The molecular weight excluding hydrogens is 299 g/mol. The van der Waals surface area contributed by atoms with Crippen LogP contribution in [0.4, 0.5) is 0 Å². The van der Waals surface area contributed by atoms with E-state index in [0.29, 0.717) is 17.8 Å². The van der Waals surface area contributed by atoms with Crippen LogP contribution in [0.15, 0.2) is 30.3 Å². The highest BCUT2D eigenvalue weighted by Gasteiger charge is 2.37. The van der Waals surface area contributed by atoms with Gasteiger partial charge in [0.2, 0.25) is 0 Å². The second-order valence-corrected chi connectivity index (χ2v) is 11.1. The van der Waals surface area contributed by atoms with Crippen LogP contribution in [0.2, 0.25) is 0 Å². The molecule has 1 aliphatic carbocycles. The van der Waals surface area contributed by atoms with Gasteiger partial charge < -0.3 is 4.52 Å². The fraction of sp³-hybridized carbons (Fsp3) is 0.647. The molecule has 2 nitrogen and oxygen atoms in total. The first-order chi connectivity index (χ1) is 9.96. The van der Waals surface area contributed by atoms with Crippen molar-refractivity contribution < 1.29 is 9.09 Å². The molecule has 0 amide bonds. The van der Waals surface area contributed by atoms with Gasteiger partial charge in [-0.3, -0.25) is 4.57 Å². The normalized spacial score (nSPS) is 29.3. The summed E-state index contributed by atoms with van der Waals surface area (Å²) in [7, 11) is 0. The molecule has 1 aliphatic rings. The maximum absolute atomic E-state index is 13.3. The molecule has 118 valence electrons. The molecule has 21 heavy (non-hydrogen) atoms. The smallest absolute Gasteiger partial charge is 0.287 e. The average molecular weight is 326 g/mol. The van der Waals surface area contributed by atoms with E-state index in [4.69, 9.17) is 4.52 Å². The van der Waals surface area contributed by atoms with Crippen LogP contribution in [-0.4, -0.2) is 12.4 Å². The van der Waals surface area contributed by atoms with Crippen LogP contribution < -0.4 is 5.30 Å². The molecule has 0 aromatic heterocycles. The van der Waals surface area contributed by atoms with E-state index in [2.05, 4.69) is 20.8 Å². The van der Waals surface area contributed by atoms with Gasteiger partial charge in [-0.2, -0.15) is 0 Å². The minimum Gasteiger partial charge on any atom is -0.314 e. The van der Waals surface area contributed by atoms with Gasteiger partial charge in [-0.25, -0.2) is 0 Å². The molecule has 1 saturated carbocycles. The highest BCUT2D eigenvalue weighted by atomic mass is 32.7. The first-order valence-electron chi connectivity index (χ1n) is 7.86. The zero-order valence-electron chi connectivity index (χ0n) is 13.5. The fourth-order valence-corrected chi connectivity index (χ4v) is 6.38. The Bertz CT molecular complexity index is 489. The quantitative estimate of drug-likeness (QED) is 0.683. The molecule has 0 N–H and O–H groups in total. The van der Waals surface area contributed by atoms with Gasteiger partial charge in [0.05, 0.1) is 6.10 Å². The minimum atomic E-state index is -2.81. The molecule has 0 saturated heterocycles. The summed E-state index contributed by atoms with van der Waals surface area (Å²) in [6.45, 7) is 3.98. The summed E-state index contributed by atoms with van der Waals surface area (Å²) in [5.74, 6) is 1.76. The van der Waals surface area contributed by atoms with Crippen LogP contribution >= 0.6 is 18.0 Å². The van der Waals surface area contributed by atoms with Crippen molar-refractivity contribution in [1.29, 1.82) is 0 Å². The molecule has 0 aliphatic heterocycles. The summed E-state index contributed by atoms with van der Waals surface area (Å²) < 4.78 is 19.5. The summed E-state index contributed by atoms with van der Waals surface area (Å²) in [6, 6.07) is 9.67. The Morgan fingerprint density at radius 2 is 1.90 bits per heavy atom. The van der Waals surface area contributed by atoms with Crippen molar-refractivity contribution in [3.8, 4) is 0 Å². The van der Waals surface area contributed by atoms with Gasteiger partial charge >= 0.3 is 0 Å². The van der Waals surface area contributed by atoms with E-state index in [1.807, 2.05) is 36.6 Å². The maximum atomic E-state index is 13.3. The molecule has 1 aromatic carbocycles. The SMILES string of the molecule is CSP(=O)(O[C@@H]1C[C@H](C)CC[C@H]1C(C)C)c1ccccc1. The van der Waals surface area contributed by atoms with Gasteiger partial charge in [0.15, 0.2) is 0 Å². The van der Waals surface area contributed by atoms with E-state index in [1.165, 1.54) is 24.2 Å². The number of rotatable bonds is 5. The second-order valence-electron chi connectivity index (χ2n) is 6.49. The third-order valence-electron chi connectivity index (χ3n) is 4.55. The van der Waals surface area contributed by atoms with Gasteiger partial charge in [0.25, 0.3) is 6.57 Å². The predicted octanol–water partition coefficient (Wildman–Crippen LogP) is 5.35. The first-order valence-corrected chi connectivity index (χ1v) is 11.3. The predicted molar refractivity (Wildman–Crippen MR) is 93.4 cm³/mol. The molecule has 1 unspecified atom stereocenters. The summed E-state index contributed by atoms with van der Waals surface area (Å²) in [5, 5.41) is 0.832. The molecule has 0 bridgehead atoms. The van der Waals surface area contributed by atoms with E-state index in [0.717, 1.165) is 11.7 Å². The summed E-state index contributed by atoms with van der Waals surface area (Å²) in [4.78, 5) is 0. The van der Waals surface area contributed by atoms with Crippen molar-refractivity contribution in [1.82, 2.24) is 0 Å². The summed E-state index contributed by atoms with van der Waals surface area (Å²) >= 11 is 1.37. The second kappa shape index (κ2) is 7.35. The van der Waals surface area contributed by atoms with Crippen molar-refractivity contribution in [2.75, 3.05) is 6.26 Å². The van der Waals surface area contributed by atoms with Crippen LogP contribution in [0.1, 0.15) is 40.0 Å². The molecule has 4 atom stereocenters. The first kappa shape index (κ1) is 17.1. The standard InChI is InChI=1S/C17H27O2PS/c1-13(2)16-11-10-14(3)12-17(16)19-20(18,21-4)15-8-6-5-7-9-15/h5-9,13-14,16-17H,10-12H2,1-4H3/t14-,16+,17-,20?/m1/s1. The molecular formula is C17H27O2PS. The molecule has 4 heteroatoms. The largest absolute Gasteiger partial charge is 0.314 e. The van der Waals surface area contributed by atoms with E-state index in [-0.39, 0.29) is 6.10 Å². The zero-order valence-corrected chi connectivity index (χ0v) is 15.2. The van der Waals surface area contributed by atoms with E-state index in [1.54, 1.807) is 0 Å². The highest BCUT2D eigenvalue weighted by Crippen LogP contribution is 2.59. The van der Waals surface area contributed by atoms with Crippen LogP contribution in [-0.2, 0) is 9.09 Å². The molecule has 0 heterocycles. The van der Waals surface area contributed by atoms with Crippen molar-refractivity contribution in [3.05, 3.63) is 30.3 Å². The molecule has 0 spiro atoms. The lowest BCUT2D eigenvalue weighted by atomic mass is 9.75. The van der Waals surface area contributed by atoms with Gasteiger partial charge in [-0.15, -0.1) is 0 Å². The van der Waals surface area contributed by atoms with E-state index < -0.39 is 6.57 Å². The Labute approximate surface area is 133 Å². The molecule has 0 radical (unpaired) electrons. The van der Waals surface area contributed by atoms with Crippen LogP contribution in [0.5, 0.6) is 0 Å². The summed E-state index contributed by atoms with van der Waals surface area (Å²) in [5.41, 5.74) is 0. The lowest BCUT2D eigenvalue weighted by Crippen LogP contribution is -2.34. The van der Waals surface area contributed by atoms with Crippen LogP contribution in [0.25, 0.3) is 0 Å². The van der Waals surface area contributed by atoms with Gasteiger partial charge in [0.1, 0.15) is 0 Å². The van der Waals surface area contributed by atoms with Crippen molar-refractivity contribution in [3.63, 3.8) is 0 Å². The average Bonchev–Trinajstić information content (AvgIpc) is 2.47. The van der Waals surface area contributed by atoms with E-state index in [9.17, 15) is 4.57 Å². The Kier molecular flexibility index (Phi) is 5.99. The lowest BCUT2D eigenvalue weighted by Gasteiger charge is -2.38. The van der Waals surface area contributed by atoms with Gasteiger partial charge in [-0.1, -0.05) is 56.8 Å². The zero-order chi connectivity index (χ0) is 15.5. The van der Waals surface area contributed by atoms with Crippen LogP contribution in [0, 0.1) is 17.8 Å².